The minimum Gasteiger partial charge on any atom is -0.462 e. The van der Waals surface area contributed by atoms with Gasteiger partial charge in [0, 0.05) is 18.9 Å². The van der Waals surface area contributed by atoms with Crippen LogP contribution >= 0.6 is 0 Å². The topological polar surface area (TPSA) is 55.4 Å². The van der Waals surface area contributed by atoms with Gasteiger partial charge in [0.15, 0.2) is 0 Å². The second-order valence-corrected chi connectivity index (χ2v) is 14.6. The normalized spacial score (nSPS) is 24.5. The van der Waals surface area contributed by atoms with E-state index >= 15 is 0 Å². The molecule has 0 saturated heterocycles. The molecule has 2 saturated carbocycles. The van der Waals surface area contributed by atoms with Crippen molar-refractivity contribution in [2.75, 3.05) is 0 Å². The van der Waals surface area contributed by atoms with Crippen molar-refractivity contribution in [3.8, 4) is 0 Å². The van der Waals surface area contributed by atoms with Gasteiger partial charge in [0.1, 0.15) is 6.10 Å². The lowest BCUT2D eigenvalue weighted by Crippen LogP contribution is -2.50. The summed E-state index contributed by atoms with van der Waals surface area (Å²) in [6.07, 6.45) is 8.71. The van der Waals surface area contributed by atoms with Gasteiger partial charge >= 0.3 is 5.97 Å². The first-order chi connectivity index (χ1) is 15.5. The second kappa shape index (κ2) is 11.3. The van der Waals surface area contributed by atoms with Crippen LogP contribution in [0.1, 0.15) is 127 Å². The van der Waals surface area contributed by atoms with Crippen LogP contribution in [0.3, 0.4) is 0 Å². The van der Waals surface area contributed by atoms with Gasteiger partial charge in [-0.15, -0.1) is 0 Å². The highest BCUT2D eigenvalue weighted by atomic mass is 16.5. The summed E-state index contributed by atoms with van der Waals surface area (Å²) >= 11 is 0. The number of amides is 1. The fourth-order valence-corrected chi connectivity index (χ4v) is 6.54. The van der Waals surface area contributed by atoms with Crippen molar-refractivity contribution >= 4 is 11.9 Å². The Bertz CT molecular complexity index is 693. The zero-order valence-electron chi connectivity index (χ0n) is 24.1. The molecule has 2 rings (SSSR count). The zero-order valence-corrected chi connectivity index (χ0v) is 24.1. The highest BCUT2D eigenvalue weighted by molar-refractivity contribution is 5.76. The molecule has 0 aromatic rings. The van der Waals surface area contributed by atoms with Crippen molar-refractivity contribution in [1.29, 1.82) is 0 Å². The molecule has 0 bridgehead atoms. The molecule has 0 heterocycles. The third kappa shape index (κ3) is 8.86. The standard InChI is InChI=1S/C30H55NO3/c1-20(2)30(9,10)17-21(3)15-22(4)31-26(32)18-29(7,8)19-28(5,6)14-13-27(33)34-25-16-23-11-12-24(23)25/h20-25H,11-19H2,1-10H3,(H,31,32)/t21-,22?,23?,24?,25?/m0/s1. The number of fused-ring (bicyclic) bond motifs is 1. The van der Waals surface area contributed by atoms with E-state index in [1.54, 1.807) is 0 Å². The molecule has 0 radical (unpaired) electrons. The van der Waals surface area contributed by atoms with Crippen LogP contribution in [0.2, 0.25) is 0 Å². The summed E-state index contributed by atoms with van der Waals surface area (Å²) in [6, 6.07) is 0.186. The van der Waals surface area contributed by atoms with Crippen molar-refractivity contribution in [2.45, 2.75) is 139 Å². The van der Waals surface area contributed by atoms with Crippen LogP contribution in [0.25, 0.3) is 0 Å². The van der Waals surface area contributed by atoms with E-state index in [0.717, 1.165) is 31.6 Å². The van der Waals surface area contributed by atoms with E-state index in [1.807, 2.05) is 0 Å². The largest absolute Gasteiger partial charge is 0.462 e. The molecule has 0 aromatic heterocycles. The molecular weight excluding hydrogens is 422 g/mol. The molecule has 4 nitrogen and oxygen atoms in total. The zero-order chi connectivity index (χ0) is 25.9. The number of esters is 1. The Morgan fingerprint density at radius 2 is 1.62 bits per heavy atom. The van der Waals surface area contributed by atoms with Crippen molar-refractivity contribution < 1.29 is 14.3 Å². The summed E-state index contributed by atoms with van der Waals surface area (Å²) in [5, 5.41) is 3.25. The summed E-state index contributed by atoms with van der Waals surface area (Å²) in [5.41, 5.74) is 0.195. The van der Waals surface area contributed by atoms with Crippen LogP contribution in [-0.2, 0) is 14.3 Å². The first kappa shape index (κ1) is 29.2. The maximum atomic E-state index is 12.8. The lowest BCUT2D eigenvalue weighted by molar-refractivity contribution is -0.175. The smallest absolute Gasteiger partial charge is 0.306 e. The van der Waals surface area contributed by atoms with Crippen LogP contribution in [0.5, 0.6) is 0 Å². The van der Waals surface area contributed by atoms with Gasteiger partial charge in [0.05, 0.1) is 0 Å². The third-order valence-electron chi connectivity index (χ3n) is 8.97. The summed E-state index contributed by atoms with van der Waals surface area (Å²) in [7, 11) is 0. The molecule has 1 N–H and O–H groups in total. The van der Waals surface area contributed by atoms with E-state index < -0.39 is 0 Å². The lowest BCUT2D eigenvalue weighted by atomic mass is 9.58. The number of nitrogens with one attached hydrogen (secondary N) is 1. The van der Waals surface area contributed by atoms with Crippen LogP contribution in [0.15, 0.2) is 0 Å². The van der Waals surface area contributed by atoms with Gasteiger partial charge in [-0.2, -0.15) is 0 Å². The summed E-state index contributed by atoms with van der Waals surface area (Å²) in [6.45, 7) is 22.5. The molecule has 0 spiro atoms. The van der Waals surface area contributed by atoms with Crippen molar-refractivity contribution in [3.05, 3.63) is 0 Å². The number of hydrogen-bond acceptors (Lipinski definition) is 3. The van der Waals surface area contributed by atoms with E-state index in [2.05, 4.69) is 74.6 Å². The minimum atomic E-state index is -0.115. The van der Waals surface area contributed by atoms with Gasteiger partial charge in [-0.05, 0) is 91.8 Å². The molecular formula is C30H55NO3. The number of carbonyl (C=O) groups is 2. The minimum absolute atomic E-state index is 0.00994. The Kier molecular flexibility index (Phi) is 9.72. The van der Waals surface area contributed by atoms with Gasteiger partial charge in [-0.1, -0.05) is 62.3 Å². The highest BCUT2D eigenvalue weighted by Gasteiger charge is 2.49. The average molecular weight is 478 g/mol. The Morgan fingerprint density at radius 1 is 0.971 bits per heavy atom. The second-order valence-electron chi connectivity index (χ2n) is 14.6. The summed E-state index contributed by atoms with van der Waals surface area (Å²) < 4.78 is 5.73. The van der Waals surface area contributed by atoms with E-state index in [-0.39, 0.29) is 34.9 Å². The Morgan fingerprint density at radius 3 is 2.12 bits per heavy atom. The maximum Gasteiger partial charge on any atom is 0.306 e. The molecule has 4 unspecified atom stereocenters. The summed E-state index contributed by atoms with van der Waals surface area (Å²) in [5.74, 6) is 2.82. The lowest BCUT2D eigenvalue weighted by Gasteiger charge is -2.51. The fourth-order valence-electron chi connectivity index (χ4n) is 6.54. The van der Waals surface area contributed by atoms with Crippen LogP contribution < -0.4 is 5.32 Å². The van der Waals surface area contributed by atoms with Crippen LogP contribution in [-0.4, -0.2) is 24.0 Å². The van der Waals surface area contributed by atoms with Crippen LogP contribution in [0.4, 0.5) is 0 Å². The molecule has 198 valence electrons. The monoisotopic (exact) mass is 477 g/mol. The Labute approximate surface area is 210 Å². The third-order valence-corrected chi connectivity index (χ3v) is 8.97. The Balaban J connectivity index is 1.71. The number of ether oxygens (including phenoxy) is 1. The fraction of sp³-hybridized carbons (Fsp3) is 0.933. The maximum absolute atomic E-state index is 12.8. The van der Waals surface area contributed by atoms with Crippen molar-refractivity contribution in [2.24, 2.45) is 39.9 Å². The predicted octanol–water partition coefficient (Wildman–Crippen LogP) is 7.54. The van der Waals surface area contributed by atoms with Crippen molar-refractivity contribution in [3.63, 3.8) is 0 Å². The van der Waals surface area contributed by atoms with E-state index in [4.69, 9.17) is 4.74 Å². The quantitative estimate of drug-likeness (QED) is 0.263. The molecule has 2 aliphatic carbocycles. The molecule has 34 heavy (non-hydrogen) atoms. The Hall–Kier alpha value is -1.06. The first-order valence-electron chi connectivity index (χ1n) is 14.0. The molecule has 1 amide bonds. The SMILES string of the molecule is CC(C[C@H](C)CC(C)(C)C(C)C)NC(=O)CC(C)(C)CC(C)(C)CCC(=O)OC1CC2CCC21. The molecule has 2 fully saturated rings. The van der Waals surface area contributed by atoms with E-state index in [1.165, 1.54) is 19.3 Å². The number of rotatable bonds is 14. The molecule has 5 atom stereocenters. The van der Waals surface area contributed by atoms with Gasteiger partial charge in [-0.25, -0.2) is 0 Å². The number of carbonyl (C=O) groups excluding carboxylic acids is 2. The predicted molar refractivity (Wildman–Crippen MR) is 141 cm³/mol. The van der Waals surface area contributed by atoms with E-state index in [0.29, 0.717) is 36.0 Å². The molecule has 0 aromatic carbocycles. The molecule has 4 heteroatoms. The molecule has 0 aliphatic heterocycles. The van der Waals surface area contributed by atoms with E-state index in [9.17, 15) is 9.59 Å². The van der Waals surface area contributed by atoms with Gasteiger partial charge in [0.25, 0.3) is 0 Å². The van der Waals surface area contributed by atoms with Crippen LogP contribution in [0, 0.1) is 39.9 Å². The molecule has 2 aliphatic rings. The highest BCUT2D eigenvalue weighted by Crippen LogP contribution is 2.51. The number of hydrogen-bond donors (Lipinski definition) is 1. The first-order valence-corrected chi connectivity index (χ1v) is 14.0. The summed E-state index contributed by atoms with van der Waals surface area (Å²) in [4.78, 5) is 25.2. The average Bonchev–Trinajstić information content (AvgIpc) is 2.61. The van der Waals surface area contributed by atoms with Gasteiger partial charge < -0.3 is 10.1 Å². The van der Waals surface area contributed by atoms with Gasteiger partial charge in [-0.3, -0.25) is 9.59 Å². The van der Waals surface area contributed by atoms with Gasteiger partial charge in [0.2, 0.25) is 5.91 Å². The van der Waals surface area contributed by atoms with Crippen molar-refractivity contribution in [1.82, 2.24) is 5.32 Å².